The summed E-state index contributed by atoms with van der Waals surface area (Å²) in [5, 5.41) is 15.5. The number of phenols is 1. The number of hydrogen-bond donors (Lipinski definition) is 1. The number of rotatable bonds is 3. The van der Waals surface area contributed by atoms with Crippen molar-refractivity contribution in [2.45, 2.75) is 0 Å². The summed E-state index contributed by atoms with van der Waals surface area (Å²) in [5.74, 6) is 0.668. The van der Waals surface area contributed by atoms with Gasteiger partial charge in [0.2, 0.25) is 0 Å². The monoisotopic (exact) mass is 415 g/mol. The van der Waals surface area contributed by atoms with Gasteiger partial charge in [-0.15, -0.1) is 0 Å². The lowest BCUT2D eigenvalue weighted by Gasteiger charge is -2.09. The molecule has 0 unspecified atom stereocenters. The van der Waals surface area contributed by atoms with Crippen LogP contribution in [-0.2, 0) is 0 Å². The van der Waals surface area contributed by atoms with Crippen molar-refractivity contribution in [3.63, 3.8) is 0 Å². The Labute approximate surface area is 170 Å². The third-order valence-corrected chi connectivity index (χ3v) is 5.04. The van der Waals surface area contributed by atoms with E-state index in [4.69, 9.17) is 39.3 Å². The predicted molar refractivity (Wildman–Crippen MR) is 110 cm³/mol. The van der Waals surface area contributed by atoms with E-state index in [-0.39, 0.29) is 5.75 Å². The van der Waals surface area contributed by atoms with Crippen molar-refractivity contribution in [3.05, 3.63) is 81.8 Å². The molecule has 0 amide bonds. The zero-order valence-corrected chi connectivity index (χ0v) is 16.1. The van der Waals surface area contributed by atoms with Crippen LogP contribution in [0.3, 0.4) is 0 Å². The van der Waals surface area contributed by atoms with Gasteiger partial charge < -0.3 is 9.63 Å². The second kappa shape index (κ2) is 7.28. The lowest BCUT2D eigenvalue weighted by Crippen LogP contribution is -1.87. The van der Waals surface area contributed by atoms with Crippen molar-refractivity contribution in [1.82, 2.24) is 5.16 Å². The summed E-state index contributed by atoms with van der Waals surface area (Å²) in [6.45, 7) is 0. The topological polar surface area (TPSA) is 46.3 Å². The third-order valence-electron chi connectivity index (χ3n) is 4.15. The van der Waals surface area contributed by atoms with Crippen LogP contribution in [-0.4, -0.2) is 10.3 Å². The number of aromatic nitrogens is 1. The van der Waals surface area contributed by atoms with Crippen LogP contribution in [0.2, 0.25) is 15.1 Å². The molecule has 4 rings (SSSR count). The molecule has 4 aromatic rings. The maximum atomic E-state index is 9.59. The van der Waals surface area contributed by atoms with Crippen LogP contribution in [0, 0.1) is 0 Å². The highest BCUT2D eigenvalue weighted by atomic mass is 35.5. The molecule has 3 aromatic carbocycles. The first-order valence-corrected chi connectivity index (χ1v) is 9.17. The smallest absolute Gasteiger partial charge is 0.175 e. The molecular formula is C21H12Cl3NO2. The van der Waals surface area contributed by atoms with Crippen LogP contribution in [0.25, 0.3) is 33.7 Å². The van der Waals surface area contributed by atoms with Crippen LogP contribution in [0.4, 0.5) is 0 Å². The molecular weight excluding hydrogens is 405 g/mol. The van der Waals surface area contributed by atoms with E-state index in [1.165, 1.54) is 0 Å². The second-order valence-corrected chi connectivity index (χ2v) is 7.14. The summed E-state index contributed by atoms with van der Waals surface area (Å²) in [4.78, 5) is 0. The van der Waals surface area contributed by atoms with Crippen LogP contribution in [0.15, 0.2) is 71.3 Å². The zero-order chi connectivity index (χ0) is 19.0. The van der Waals surface area contributed by atoms with Crippen LogP contribution in [0.1, 0.15) is 0 Å². The Morgan fingerprint density at radius 2 is 1.48 bits per heavy atom. The van der Waals surface area contributed by atoms with Crippen molar-refractivity contribution >= 4 is 34.8 Å². The fourth-order valence-corrected chi connectivity index (χ4v) is 3.49. The first kappa shape index (κ1) is 17.9. The fraction of sp³-hybridized carbons (Fsp3) is 0. The molecule has 1 aromatic heterocycles. The van der Waals surface area contributed by atoms with Gasteiger partial charge in [0.1, 0.15) is 11.4 Å². The minimum absolute atomic E-state index is 0.159. The van der Waals surface area contributed by atoms with Gasteiger partial charge in [0, 0.05) is 26.7 Å². The van der Waals surface area contributed by atoms with Gasteiger partial charge in [0.15, 0.2) is 5.76 Å². The van der Waals surface area contributed by atoms with Crippen molar-refractivity contribution in [2.24, 2.45) is 0 Å². The van der Waals surface area contributed by atoms with Gasteiger partial charge in [-0.25, -0.2) is 0 Å². The van der Waals surface area contributed by atoms with E-state index in [9.17, 15) is 5.11 Å². The lowest BCUT2D eigenvalue weighted by molar-refractivity contribution is 0.435. The first-order valence-electron chi connectivity index (χ1n) is 8.04. The van der Waals surface area contributed by atoms with Crippen LogP contribution < -0.4 is 0 Å². The maximum absolute atomic E-state index is 9.59. The van der Waals surface area contributed by atoms with Gasteiger partial charge >= 0.3 is 0 Å². The Morgan fingerprint density at radius 3 is 2.22 bits per heavy atom. The minimum Gasteiger partial charge on any atom is -0.508 e. The molecule has 0 bridgehead atoms. The van der Waals surface area contributed by atoms with Crippen molar-refractivity contribution in [1.29, 1.82) is 0 Å². The van der Waals surface area contributed by atoms with Gasteiger partial charge in [-0.3, -0.25) is 0 Å². The molecule has 0 aliphatic carbocycles. The quantitative estimate of drug-likeness (QED) is 0.380. The molecule has 6 heteroatoms. The lowest BCUT2D eigenvalue weighted by atomic mass is 9.96. The van der Waals surface area contributed by atoms with Crippen molar-refractivity contribution in [3.8, 4) is 39.5 Å². The van der Waals surface area contributed by atoms with E-state index in [2.05, 4.69) is 5.16 Å². The number of aromatic hydroxyl groups is 1. The largest absolute Gasteiger partial charge is 0.508 e. The molecule has 0 saturated heterocycles. The third kappa shape index (κ3) is 3.42. The second-order valence-electron chi connectivity index (χ2n) is 5.89. The molecule has 0 radical (unpaired) electrons. The highest BCUT2D eigenvalue weighted by molar-refractivity contribution is 6.36. The molecule has 0 spiro atoms. The maximum Gasteiger partial charge on any atom is 0.175 e. The molecule has 27 heavy (non-hydrogen) atoms. The van der Waals surface area contributed by atoms with Gasteiger partial charge in [-0.1, -0.05) is 58.2 Å². The summed E-state index contributed by atoms with van der Waals surface area (Å²) in [6.07, 6.45) is 0. The average Bonchev–Trinajstić information content (AvgIpc) is 3.09. The molecule has 134 valence electrons. The Balaban J connectivity index is 2.03. The number of phenolic OH excluding ortho intramolecular Hbond substituents is 1. The molecule has 1 N–H and O–H groups in total. The zero-order valence-electron chi connectivity index (χ0n) is 13.8. The first-order chi connectivity index (χ1) is 13.0. The Hall–Kier alpha value is -2.46. The van der Waals surface area contributed by atoms with E-state index in [1.54, 1.807) is 48.5 Å². The van der Waals surface area contributed by atoms with Crippen LogP contribution >= 0.6 is 34.8 Å². The van der Waals surface area contributed by atoms with E-state index in [0.717, 1.165) is 11.1 Å². The SMILES string of the molecule is Oc1ccc(-c2onc(-c3ccccc3Cl)c2-c2cc(Cl)ccc2Cl)cc1. The summed E-state index contributed by atoms with van der Waals surface area (Å²) < 4.78 is 5.69. The fourth-order valence-electron chi connectivity index (χ4n) is 2.88. The van der Waals surface area contributed by atoms with Gasteiger partial charge in [0.05, 0.1) is 10.6 Å². The Morgan fingerprint density at radius 1 is 0.778 bits per heavy atom. The van der Waals surface area contributed by atoms with Crippen LogP contribution in [0.5, 0.6) is 5.75 Å². The van der Waals surface area contributed by atoms with E-state index in [1.807, 2.05) is 18.2 Å². The van der Waals surface area contributed by atoms with E-state index in [0.29, 0.717) is 37.6 Å². The van der Waals surface area contributed by atoms with Crippen molar-refractivity contribution in [2.75, 3.05) is 0 Å². The van der Waals surface area contributed by atoms with Gasteiger partial charge in [-0.05, 0) is 48.5 Å². The summed E-state index contributed by atoms with van der Waals surface area (Å²) in [5.41, 5.74) is 3.39. The highest BCUT2D eigenvalue weighted by Crippen LogP contribution is 2.44. The number of hydrogen-bond acceptors (Lipinski definition) is 3. The normalized spacial score (nSPS) is 10.9. The Kier molecular flexibility index (Phi) is 4.83. The Bertz CT molecular complexity index is 1120. The molecule has 0 saturated carbocycles. The number of nitrogens with zero attached hydrogens (tertiary/aromatic N) is 1. The number of halogens is 3. The number of benzene rings is 3. The molecule has 0 aliphatic rings. The molecule has 3 nitrogen and oxygen atoms in total. The summed E-state index contributed by atoms with van der Waals surface area (Å²) >= 11 is 19.1. The van der Waals surface area contributed by atoms with Gasteiger partial charge in [-0.2, -0.15) is 0 Å². The molecule has 1 heterocycles. The highest BCUT2D eigenvalue weighted by Gasteiger charge is 2.24. The standard InChI is InChI=1S/C21H12Cl3NO2/c22-13-7-10-18(24)16(11-13)19-20(15-3-1-2-4-17(15)23)25-27-21(19)12-5-8-14(26)9-6-12/h1-11,26H. The average molecular weight is 417 g/mol. The van der Waals surface area contributed by atoms with E-state index >= 15 is 0 Å². The van der Waals surface area contributed by atoms with Gasteiger partial charge in [0.25, 0.3) is 0 Å². The summed E-state index contributed by atoms with van der Waals surface area (Å²) in [7, 11) is 0. The molecule has 0 fully saturated rings. The minimum atomic E-state index is 0.159. The molecule has 0 atom stereocenters. The van der Waals surface area contributed by atoms with Crippen molar-refractivity contribution < 1.29 is 9.63 Å². The van der Waals surface area contributed by atoms with E-state index < -0.39 is 0 Å². The molecule has 0 aliphatic heterocycles. The predicted octanol–water partition coefficient (Wildman–Crippen LogP) is 7.34. The summed E-state index contributed by atoms with van der Waals surface area (Å²) in [6, 6.07) is 19.2.